The van der Waals surface area contributed by atoms with E-state index in [9.17, 15) is 9.59 Å². The molecule has 8 nitrogen and oxygen atoms in total. The fourth-order valence-corrected chi connectivity index (χ4v) is 3.26. The Labute approximate surface area is 175 Å². The zero-order chi connectivity index (χ0) is 21.8. The third kappa shape index (κ3) is 4.27. The van der Waals surface area contributed by atoms with Gasteiger partial charge in [0.2, 0.25) is 5.75 Å². The highest BCUT2D eigenvalue weighted by atomic mass is 16.5. The summed E-state index contributed by atoms with van der Waals surface area (Å²) in [5.74, 6) is 1.62. The summed E-state index contributed by atoms with van der Waals surface area (Å²) in [6.07, 6.45) is 0. The molecule has 1 aliphatic heterocycles. The maximum absolute atomic E-state index is 12.9. The number of amides is 2. The molecule has 1 heterocycles. The van der Waals surface area contributed by atoms with Crippen LogP contribution in [0.1, 0.15) is 24.2 Å². The maximum atomic E-state index is 12.9. The van der Waals surface area contributed by atoms with Gasteiger partial charge in [-0.05, 0) is 36.2 Å². The molecule has 2 aromatic rings. The van der Waals surface area contributed by atoms with Crippen molar-refractivity contribution in [1.29, 1.82) is 0 Å². The van der Waals surface area contributed by atoms with Crippen molar-refractivity contribution in [2.24, 2.45) is 5.92 Å². The number of fused-ring (bicyclic) bond motifs is 1. The molecule has 0 aromatic heterocycles. The zero-order valence-electron chi connectivity index (χ0n) is 17.8. The highest BCUT2D eigenvalue weighted by molar-refractivity contribution is 6.06. The molecule has 30 heavy (non-hydrogen) atoms. The van der Waals surface area contributed by atoms with E-state index in [0.29, 0.717) is 46.5 Å². The Morgan fingerprint density at radius 2 is 1.77 bits per heavy atom. The summed E-state index contributed by atoms with van der Waals surface area (Å²) in [6, 6.07) is 8.38. The number of ether oxygens (including phenoxy) is 4. The first-order chi connectivity index (χ1) is 14.4. The standard InChI is InChI=1S/C22H26N2O6/c1-13(2)11-24-16-10-15(6-7-17(16)30-12-20(24)25)23-22(26)14-8-18(27-3)21(29-5)19(9-14)28-4/h6-10,13H,11-12H2,1-5H3,(H,23,26). The second kappa shape index (κ2) is 8.94. The molecule has 0 saturated heterocycles. The number of rotatable bonds is 7. The topological polar surface area (TPSA) is 86.3 Å². The van der Waals surface area contributed by atoms with E-state index in [4.69, 9.17) is 18.9 Å². The van der Waals surface area contributed by atoms with Crippen LogP contribution in [0.3, 0.4) is 0 Å². The number of anilines is 2. The number of hydrogen-bond donors (Lipinski definition) is 1. The fraction of sp³-hybridized carbons (Fsp3) is 0.364. The lowest BCUT2D eigenvalue weighted by Gasteiger charge is -2.31. The number of nitrogens with one attached hydrogen (secondary N) is 1. The van der Waals surface area contributed by atoms with Crippen molar-refractivity contribution in [3.05, 3.63) is 35.9 Å². The SMILES string of the molecule is COc1cc(C(=O)Nc2ccc3c(c2)N(CC(C)C)C(=O)CO3)cc(OC)c1OC. The van der Waals surface area contributed by atoms with Crippen LogP contribution in [0.5, 0.6) is 23.0 Å². The van der Waals surface area contributed by atoms with Crippen molar-refractivity contribution in [1.82, 2.24) is 0 Å². The molecule has 0 saturated carbocycles. The number of carbonyl (C=O) groups is 2. The normalized spacial score (nSPS) is 12.9. The number of nitrogens with zero attached hydrogens (tertiary/aromatic N) is 1. The molecular weight excluding hydrogens is 388 g/mol. The molecule has 0 unspecified atom stereocenters. The minimum Gasteiger partial charge on any atom is -0.493 e. The third-order valence-electron chi connectivity index (χ3n) is 4.63. The number of hydrogen-bond acceptors (Lipinski definition) is 6. The van der Waals surface area contributed by atoms with Gasteiger partial charge in [-0.1, -0.05) is 13.8 Å². The van der Waals surface area contributed by atoms with Crippen LogP contribution in [-0.2, 0) is 4.79 Å². The Morgan fingerprint density at radius 3 is 2.33 bits per heavy atom. The highest BCUT2D eigenvalue weighted by Crippen LogP contribution is 2.39. The van der Waals surface area contributed by atoms with Gasteiger partial charge in [-0.3, -0.25) is 9.59 Å². The minimum absolute atomic E-state index is 0.0108. The largest absolute Gasteiger partial charge is 0.493 e. The van der Waals surface area contributed by atoms with E-state index in [1.165, 1.54) is 21.3 Å². The van der Waals surface area contributed by atoms with Gasteiger partial charge >= 0.3 is 0 Å². The molecular formula is C22H26N2O6. The lowest BCUT2D eigenvalue weighted by molar-refractivity contribution is -0.121. The molecule has 160 valence electrons. The molecule has 1 N–H and O–H groups in total. The smallest absolute Gasteiger partial charge is 0.265 e. The zero-order valence-corrected chi connectivity index (χ0v) is 17.8. The van der Waals surface area contributed by atoms with Crippen LogP contribution in [0.25, 0.3) is 0 Å². The van der Waals surface area contributed by atoms with Gasteiger partial charge in [0.1, 0.15) is 5.75 Å². The van der Waals surface area contributed by atoms with Crippen LogP contribution in [-0.4, -0.2) is 46.3 Å². The maximum Gasteiger partial charge on any atom is 0.265 e. The molecule has 0 atom stereocenters. The molecule has 0 radical (unpaired) electrons. The minimum atomic E-state index is -0.354. The number of benzene rings is 2. The molecule has 3 rings (SSSR count). The monoisotopic (exact) mass is 414 g/mol. The van der Waals surface area contributed by atoms with E-state index in [2.05, 4.69) is 5.32 Å². The third-order valence-corrected chi connectivity index (χ3v) is 4.63. The highest BCUT2D eigenvalue weighted by Gasteiger charge is 2.26. The van der Waals surface area contributed by atoms with Gasteiger partial charge in [-0.25, -0.2) is 0 Å². The summed E-state index contributed by atoms with van der Waals surface area (Å²) < 4.78 is 21.4. The quantitative estimate of drug-likeness (QED) is 0.748. The van der Waals surface area contributed by atoms with Gasteiger partial charge < -0.3 is 29.2 Å². The first-order valence-corrected chi connectivity index (χ1v) is 9.56. The summed E-state index contributed by atoms with van der Waals surface area (Å²) in [7, 11) is 4.48. The van der Waals surface area contributed by atoms with Crippen LogP contribution in [0.15, 0.2) is 30.3 Å². The average Bonchev–Trinajstić information content (AvgIpc) is 2.74. The summed E-state index contributed by atoms with van der Waals surface area (Å²) in [4.78, 5) is 26.9. The molecule has 0 fully saturated rings. The second-order valence-corrected chi connectivity index (χ2v) is 7.24. The second-order valence-electron chi connectivity index (χ2n) is 7.24. The van der Waals surface area contributed by atoms with Crippen molar-refractivity contribution < 1.29 is 28.5 Å². The number of carbonyl (C=O) groups excluding carboxylic acids is 2. The lowest BCUT2D eigenvalue weighted by atomic mass is 10.1. The van der Waals surface area contributed by atoms with Gasteiger partial charge in [0, 0.05) is 17.8 Å². The van der Waals surface area contributed by atoms with Crippen molar-refractivity contribution in [3.8, 4) is 23.0 Å². The molecule has 0 bridgehead atoms. The van der Waals surface area contributed by atoms with Crippen LogP contribution < -0.4 is 29.2 Å². The average molecular weight is 414 g/mol. The first kappa shape index (κ1) is 21.3. The fourth-order valence-electron chi connectivity index (χ4n) is 3.26. The Hall–Kier alpha value is -3.42. The molecule has 8 heteroatoms. The van der Waals surface area contributed by atoms with Crippen LogP contribution in [0.4, 0.5) is 11.4 Å². The Balaban J connectivity index is 1.89. The van der Waals surface area contributed by atoms with E-state index < -0.39 is 0 Å². The van der Waals surface area contributed by atoms with Crippen molar-refractivity contribution >= 4 is 23.2 Å². The van der Waals surface area contributed by atoms with Gasteiger partial charge in [0.15, 0.2) is 18.1 Å². The van der Waals surface area contributed by atoms with E-state index >= 15 is 0 Å². The number of methoxy groups -OCH3 is 3. The van der Waals surface area contributed by atoms with E-state index in [1.807, 2.05) is 13.8 Å². The molecule has 1 aliphatic rings. The Morgan fingerprint density at radius 1 is 1.10 bits per heavy atom. The van der Waals surface area contributed by atoms with Crippen LogP contribution in [0.2, 0.25) is 0 Å². The van der Waals surface area contributed by atoms with E-state index in [1.54, 1.807) is 35.2 Å². The van der Waals surface area contributed by atoms with Crippen LogP contribution in [0, 0.1) is 5.92 Å². The summed E-state index contributed by atoms with van der Waals surface area (Å²) in [5.41, 5.74) is 1.52. The Kier molecular flexibility index (Phi) is 6.34. The van der Waals surface area contributed by atoms with Crippen molar-refractivity contribution in [2.75, 3.05) is 44.7 Å². The van der Waals surface area contributed by atoms with Gasteiger partial charge in [-0.15, -0.1) is 0 Å². The predicted octanol–water partition coefficient (Wildman–Crippen LogP) is 3.35. The van der Waals surface area contributed by atoms with Gasteiger partial charge in [-0.2, -0.15) is 0 Å². The molecule has 0 spiro atoms. The van der Waals surface area contributed by atoms with Crippen molar-refractivity contribution in [2.45, 2.75) is 13.8 Å². The predicted molar refractivity (Wildman–Crippen MR) is 113 cm³/mol. The molecule has 2 amide bonds. The molecule has 2 aromatic carbocycles. The van der Waals surface area contributed by atoms with Gasteiger partial charge in [0.25, 0.3) is 11.8 Å². The van der Waals surface area contributed by atoms with E-state index in [0.717, 1.165) is 0 Å². The summed E-state index contributed by atoms with van der Waals surface area (Å²) >= 11 is 0. The van der Waals surface area contributed by atoms with Gasteiger partial charge in [0.05, 0.1) is 27.0 Å². The van der Waals surface area contributed by atoms with Crippen LogP contribution >= 0.6 is 0 Å². The van der Waals surface area contributed by atoms with Crippen molar-refractivity contribution in [3.63, 3.8) is 0 Å². The first-order valence-electron chi connectivity index (χ1n) is 9.56. The van der Waals surface area contributed by atoms with E-state index in [-0.39, 0.29) is 24.3 Å². The molecule has 0 aliphatic carbocycles. The Bertz CT molecular complexity index is 932. The summed E-state index contributed by atoms with van der Waals surface area (Å²) in [5, 5.41) is 2.85. The summed E-state index contributed by atoms with van der Waals surface area (Å²) in [6.45, 7) is 4.66. The lowest BCUT2D eigenvalue weighted by Crippen LogP contribution is -2.41.